The van der Waals surface area contributed by atoms with Crippen LogP contribution in [-0.4, -0.2) is 25.2 Å². The normalized spacial score (nSPS) is 21.1. The zero-order valence-corrected chi connectivity index (χ0v) is 14.0. The first kappa shape index (κ1) is 16.8. The summed E-state index contributed by atoms with van der Waals surface area (Å²) in [5, 5.41) is 3.00. The molecule has 1 saturated heterocycles. The Labute approximate surface area is 133 Å². The number of carbonyl (C=O) groups is 1. The monoisotopic (exact) mass is 305 g/mol. The average molecular weight is 305 g/mol. The molecule has 1 amide bonds. The zero-order chi connectivity index (χ0) is 16.1. The standard InChI is InChI=1S/C18H27NO3/c1-5-9-21-14-6-7-16(13(4)11-14)19-18(20)17-15(12(2)3)8-10-22-17/h6-7,11-12,15,17H,5,8-10H2,1-4H3,(H,19,20)/t15-,17-/m1/s1. The highest BCUT2D eigenvalue weighted by atomic mass is 16.5. The number of benzene rings is 1. The van der Waals surface area contributed by atoms with Gasteiger partial charge in [-0.15, -0.1) is 0 Å². The van der Waals surface area contributed by atoms with E-state index in [4.69, 9.17) is 9.47 Å². The summed E-state index contributed by atoms with van der Waals surface area (Å²) in [5.74, 6) is 1.55. The van der Waals surface area contributed by atoms with Crippen molar-refractivity contribution in [2.45, 2.75) is 46.6 Å². The van der Waals surface area contributed by atoms with Crippen LogP contribution in [0.25, 0.3) is 0 Å². The van der Waals surface area contributed by atoms with Crippen molar-refractivity contribution in [3.8, 4) is 5.75 Å². The van der Waals surface area contributed by atoms with Crippen LogP contribution >= 0.6 is 0 Å². The third-order valence-electron chi connectivity index (χ3n) is 4.18. The van der Waals surface area contributed by atoms with E-state index in [2.05, 4.69) is 26.1 Å². The van der Waals surface area contributed by atoms with Gasteiger partial charge in [0.1, 0.15) is 11.9 Å². The van der Waals surface area contributed by atoms with Crippen molar-refractivity contribution in [2.75, 3.05) is 18.5 Å². The maximum absolute atomic E-state index is 12.5. The molecule has 0 saturated carbocycles. The maximum Gasteiger partial charge on any atom is 0.253 e. The minimum Gasteiger partial charge on any atom is -0.494 e. The Kier molecular flexibility index (Phi) is 5.83. The van der Waals surface area contributed by atoms with E-state index >= 15 is 0 Å². The van der Waals surface area contributed by atoms with Gasteiger partial charge in [-0.05, 0) is 55.4 Å². The molecule has 0 bridgehead atoms. The summed E-state index contributed by atoms with van der Waals surface area (Å²) in [5.41, 5.74) is 1.83. The number of carbonyl (C=O) groups excluding carboxylic acids is 1. The third-order valence-corrected chi connectivity index (χ3v) is 4.18. The van der Waals surface area contributed by atoms with Gasteiger partial charge < -0.3 is 14.8 Å². The quantitative estimate of drug-likeness (QED) is 0.870. The summed E-state index contributed by atoms with van der Waals surface area (Å²) in [7, 11) is 0. The van der Waals surface area contributed by atoms with E-state index < -0.39 is 0 Å². The lowest BCUT2D eigenvalue weighted by Crippen LogP contribution is -2.34. The predicted octanol–water partition coefficient (Wildman–Crippen LogP) is 3.78. The summed E-state index contributed by atoms with van der Waals surface area (Å²) in [6.07, 6.45) is 1.60. The van der Waals surface area contributed by atoms with Crippen molar-refractivity contribution in [1.29, 1.82) is 0 Å². The zero-order valence-electron chi connectivity index (χ0n) is 14.0. The molecule has 0 radical (unpaired) electrons. The average Bonchev–Trinajstić information content (AvgIpc) is 2.97. The van der Waals surface area contributed by atoms with Gasteiger partial charge in [0.25, 0.3) is 5.91 Å². The van der Waals surface area contributed by atoms with Gasteiger partial charge in [0.05, 0.1) is 6.61 Å². The van der Waals surface area contributed by atoms with Gasteiger partial charge in [-0.3, -0.25) is 4.79 Å². The van der Waals surface area contributed by atoms with Crippen LogP contribution in [0, 0.1) is 18.8 Å². The fourth-order valence-electron chi connectivity index (χ4n) is 2.85. The topological polar surface area (TPSA) is 47.6 Å². The molecule has 1 heterocycles. The maximum atomic E-state index is 12.5. The molecule has 4 heteroatoms. The summed E-state index contributed by atoms with van der Waals surface area (Å²) >= 11 is 0. The van der Waals surface area contributed by atoms with E-state index in [1.807, 2.05) is 25.1 Å². The second-order valence-corrected chi connectivity index (χ2v) is 6.30. The van der Waals surface area contributed by atoms with E-state index in [0.717, 1.165) is 29.8 Å². The molecule has 1 aliphatic heterocycles. The lowest BCUT2D eigenvalue weighted by Gasteiger charge is -2.21. The van der Waals surface area contributed by atoms with Gasteiger partial charge in [0, 0.05) is 12.3 Å². The SMILES string of the molecule is CCCOc1ccc(NC(=O)[C@@H]2OCC[C@@H]2C(C)C)c(C)c1. The molecule has 0 aromatic heterocycles. The Morgan fingerprint density at radius 1 is 1.45 bits per heavy atom. The van der Waals surface area contributed by atoms with Crippen LogP contribution in [0.3, 0.4) is 0 Å². The van der Waals surface area contributed by atoms with Gasteiger partial charge >= 0.3 is 0 Å². The molecule has 4 nitrogen and oxygen atoms in total. The second kappa shape index (κ2) is 7.63. The molecule has 2 atom stereocenters. The highest BCUT2D eigenvalue weighted by Crippen LogP contribution is 2.29. The van der Waals surface area contributed by atoms with Gasteiger partial charge in [0.2, 0.25) is 0 Å². The second-order valence-electron chi connectivity index (χ2n) is 6.30. The first-order valence-corrected chi connectivity index (χ1v) is 8.18. The lowest BCUT2D eigenvalue weighted by atomic mass is 9.89. The molecular formula is C18H27NO3. The van der Waals surface area contributed by atoms with Crippen molar-refractivity contribution >= 4 is 11.6 Å². The van der Waals surface area contributed by atoms with Gasteiger partial charge in [-0.2, -0.15) is 0 Å². The summed E-state index contributed by atoms with van der Waals surface area (Å²) < 4.78 is 11.2. The highest BCUT2D eigenvalue weighted by molar-refractivity contribution is 5.95. The Morgan fingerprint density at radius 2 is 2.23 bits per heavy atom. The molecule has 1 aromatic rings. The molecule has 0 unspecified atom stereocenters. The van der Waals surface area contributed by atoms with Crippen LogP contribution in [-0.2, 0) is 9.53 Å². The minimum absolute atomic E-state index is 0.0403. The third kappa shape index (κ3) is 4.01. The first-order valence-electron chi connectivity index (χ1n) is 8.18. The number of anilines is 1. The van der Waals surface area contributed by atoms with E-state index in [9.17, 15) is 4.79 Å². The molecule has 1 N–H and O–H groups in total. The number of aryl methyl sites for hydroxylation is 1. The Bertz CT molecular complexity index is 513. The lowest BCUT2D eigenvalue weighted by molar-refractivity contribution is -0.127. The highest BCUT2D eigenvalue weighted by Gasteiger charge is 2.36. The van der Waals surface area contributed by atoms with Crippen LogP contribution in [0.15, 0.2) is 18.2 Å². The van der Waals surface area contributed by atoms with E-state index in [0.29, 0.717) is 25.0 Å². The molecule has 122 valence electrons. The van der Waals surface area contributed by atoms with Crippen molar-refractivity contribution in [3.05, 3.63) is 23.8 Å². The van der Waals surface area contributed by atoms with Crippen LogP contribution in [0.2, 0.25) is 0 Å². The van der Waals surface area contributed by atoms with Crippen LogP contribution in [0.5, 0.6) is 5.75 Å². The molecular weight excluding hydrogens is 278 g/mol. The molecule has 0 spiro atoms. The summed E-state index contributed by atoms with van der Waals surface area (Å²) in [6, 6.07) is 5.76. The van der Waals surface area contributed by atoms with Crippen molar-refractivity contribution in [1.82, 2.24) is 0 Å². The van der Waals surface area contributed by atoms with Crippen molar-refractivity contribution in [2.24, 2.45) is 11.8 Å². The Hall–Kier alpha value is -1.55. The minimum atomic E-state index is -0.338. The number of hydrogen-bond acceptors (Lipinski definition) is 3. The van der Waals surface area contributed by atoms with E-state index in [1.54, 1.807) is 0 Å². The molecule has 0 aliphatic carbocycles. The van der Waals surface area contributed by atoms with Gasteiger partial charge in [-0.1, -0.05) is 20.8 Å². The molecule has 1 aromatic carbocycles. The Morgan fingerprint density at radius 3 is 2.86 bits per heavy atom. The largest absolute Gasteiger partial charge is 0.494 e. The van der Waals surface area contributed by atoms with Crippen LogP contribution < -0.4 is 10.1 Å². The molecule has 1 aliphatic rings. The fraction of sp³-hybridized carbons (Fsp3) is 0.611. The summed E-state index contributed by atoms with van der Waals surface area (Å²) in [4.78, 5) is 12.5. The van der Waals surface area contributed by atoms with Crippen LogP contribution in [0.1, 0.15) is 39.2 Å². The van der Waals surface area contributed by atoms with E-state index in [1.165, 1.54) is 0 Å². The molecule has 1 fully saturated rings. The first-order chi connectivity index (χ1) is 10.5. The smallest absolute Gasteiger partial charge is 0.253 e. The Balaban J connectivity index is 2.02. The number of rotatable bonds is 6. The fourth-order valence-corrected chi connectivity index (χ4v) is 2.85. The van der Waals surface area contributed by atoms with Gasteiger partial charge in [-0.25, -0.2) is 0 Å². The number of hydrogen-bond donors (Lipinski definition) is 1. The van der Waals surface area contributed by atoms with Gasteiger partial charge in [0.15, 0.2) is 0 Å². The van der Waals surface area contributed by atoms with E-state index in [-0.39, 0.29) is 12.0 Å². The van der Waals surface area contributed by atoms with Crippen molar-refractivity contribution < 1.29 is 14.3 Å². The molecule has 2 rings (SSSR count). The van der Waals surface area contributed by atoms with Crippen LogP contribution in [0.4, 0.5) is 5.69 Å². The number of amides is 1. The molecule has 22 heavy (non-hydrogen) atoms. The number of nitrogens with one attached hydrogen (secondary N) is 1. The number of ether oxygens (including phenoxy) is 2. The predicted molar refractivity (Wildman–Crippen MR) is 88.3 cm³/mol. The summed E-state index contributed by atoms with van der Waals surface area (Å²) in [6.45, 7) is 9.72. The van der Waals surface area contributed by atoms with Crippen molar-refractivity contribution in [3.63, 3.8) is 0 Å².